The number of benzene rings is 1. The lowest BCUT2D eigenvalue weighted by molar-refractivity contribution is -0.137. The largest absolute Gasteiger partial charge is 0.480 e. The predicted molar refractivity (Wildman–Crippen MR) is 54.0 cm³/mol. The van der Waals surface area contributed by atoms with E-state index < -0.39 is 18.4 Å². The van der Waals surface area contributed by atoms with Crippen molar-refractivity contribution in [1.82, 2.24) is 5.32 Å². The summed E-state index contributed by atoms with van der Waals surface area (Å²) in [5.41, 5.74) is 0.711. The molecular formula is C11H9NO3. The van der Waals surface area contributed by atoms with Crippen LogP contribution < -0.4 is 5.32 Å². The van der Waals surface area contributed by atoms with E-state index in [1.165, 1.54) is 0 Å². The Morgan fingerprint density at radius 2 is 1.93 bits per heavy atom. The molecule has 0 heterocycles. The number of hydrogen-bond donors (Lipinski definition) is 2. The van der Waals surface area contributed by atoms with E-state index in [-0.39, 0.29) is 0 Å². The fraction of sp³-hybridized carbons (Fsp3) is 0.0909. The quantitative estimate of drug-likeness (QED) is 0.676. The first-order valence-electron chi connectivity index (χ1n) is 4.25. The predicted octanol–water partition coefficient (Wildman–Crippen LogP) is 0.239. The molecule has 4 nitrogen and oxygen atoms in total. The van der Waals surface area contributed by atoms with Gasteiger partial charge in [-0.05, 0) is 12.1 Å². The van der Waals surface area contributed by atoms with Crippen LogP contribution >= 0.6 is 0 Å². The summed E-state index contributed by atoms with van der Waals surface area (Å²) in [4.78, 5) is 21.1. The summed E-state index contributed by atoms with van der Waals surface area (Å²) in [7, 11) is 0. The van der Waals surface area contributed by atoms with Crippen LogP contribution in [0.1, 0.15) is 5.56 Å². The molecular weight excluding hydrogens is 194 g/mol. The smallest absolute Gasteiger partial charge is 0.323 e. The number of carbonyl (C=O) groups excluding carboxylic acids is 1. The summed E-state index contributed by atoms with van der Waals surface area (Å²) in [6.07, 6.45) is 0. The van der Waals surface area contributed by atoms with Crippen molar-refractivity contribution in [3.8, 4) is 11.8 Å². The third-order valence-electron chi connectivity index (χ3n) is 1.49. The molecule has 0 saturated carbocycles. The minimum atomic E-state index is -1.09. The summed E-state index contributed by atoms with van der Waals surface area (Å²) < 4.78 is 0. The number of aliphatic carboxylic acids is 1. The van der Waals surface area contributed by atoms with Crippen molar-refractivity contribution in [2.45, 2.75) is 0 Å². The van der Waals surface area contributed by atoms with Crippen LogP contribution in [0.15, 0.2) is 30.3 Å². The second kappa shape index (κ2) is 5.45. The average Bonchev–Trinajstić information content (AvgIpc) is 2.25. The first kappa shape index (κ1) is 10.8. The minimum Gasteiger partial charge on any atom is -0.480 e. The van der Waals surface area contributed by atoms with Gasteiger partial charge in [-0.25, -0.2) is 0 Å². The topological polar surface area (TPSA) is 66.4 Å². The van der Waals surface area contributed by atoms with Crippen molar-refractivity contribution in [3.05, 3.63) is 35.9 Å². The molecule has 2 N–H and O–H groups in total. The van der Waals surface area contributed by atoms with Crippen LogP contribution in [0.2, 0.25) is 0 Å². The van der Waals surface area contributed by atoms with Crippen molar-refractivity contribution >= 4 is 11.9 Å². The Labute approximate surface area is 86.9 Å². The van der Waals surface area contributed by atoms with Gasteiger partial charge in [0.15, 0.2) is 0 Å². The van der Waals surface area contributed by atoms with E-state index in [1.807, 2.05) is 6.07 Å². The van der Waals surface area contributed by atoms with Crippen molar-refractivity contribution in [3.63, 3.8) is 0 Å². The van der Waals surface area contributed by atoms with E-state index in [2.05, 4.69) is 17.2 Å². The Balaban J connectivity index is 2.51. The molecule has 15 heavy (non-hydrogen) atoms. The highest BCUT2D eigenvalue weighted by Gasteiger charge is 1.98. The van der Waals surface area contributed by atoms with Crippen LogP contribution in [-0.4, -0.2) is 23.5 Å². The zero-order chi connectivity index (χ0) is 11.1. The minimum absolute atomic E-state index is 0.414. The van der Waals surface area contributed by atoms with Crippen molar-refractivity contribution < 1.29 is 14.7 Å². The van der Waals surface area contributed by atoms with Crippen LogP contribution in [0, 0.1) is 11.8 Å². The Bertz CT molecular complexity index is 414. The van der Waals surface area contributed by atoms with Gasteiger partial charge in [-0.3, -0.25) is 9.59 Å². The van der Waals surface area contributed by atoms with Crippen LogP contribution in [0.3, 0.4) is 0 Å². The molecule has 0 atom stereocenters. The van der Waals surface area contributed by atoms with Gasteiger partial charge in [0.05, 0.1) is 0 Å². The molecule has 1 amide bonds. The maximum atomic E-state index is 11.0. The number of carbonyl (C=O) groups is 2. The fourth-order valence-electron chi connectivity index (χ4n) is 0.851. The van der Waals surface area contributed by atoms with Gasteiger partial charge in [-0.2, -0.15) is 0 Å². The molecule has 0 aliphatic carbocycles. The van der Waals surface area contributed by atoms with Crippen molar-refractivity contribution in [2.24, 2.45) is 0 Å². The van der Waals surface area contributed by atoms with E-state index in [1.54, 1.807) is 24.3 Å². The molecule has 0 fully saturated rings. The van der Waals surface area contributed by atoms with Gasteiger partial charge >= 0.3 is 5.97 Å². The highest BCUT2D eigenvalue weighted by molar-refractivity contribution is 5.95. The van der Waals surface area contributed by atoms with Crippen LogP contribution in [0.25, 0.3) is 0 Å². The van der Waals surface area contributed by atoms with E-state index in [0.717, 1.165) is 0 Å². The van der Waals surface area contributed by atoms with E-state index in [0.29, 0.717) is 5.56 Å². The number of amides is 1. The Hall–Kier alpha value is -2.28. The third-order valence-corrected chi connectivity index (χ3v) is 1.49. The standard InChI is InChI=1S/C11H9NO3/c13-10(12-8-11(14)15)7-6-9-4-2-1-3-5-9/h1-5H,8H2,(H,12,13)(H,14,15). The number of carboxylic acid groups (broad SMARTS) is 1. The molecule has 76 valence electrons. The molecule has 0 aromatic heterocycles. The molecule has 0 saturated heterocycles. The Morgan fingerprint density at radius 1 is 1.27 bits per heavy atom. The van der Waals surface area contributed by atoms with E-state index >= 15 is 0 Å². The van der Waals surface area contributed by atoms with Gasteiger partial charge in [-0.1, -0.05) is 24.1 Å². The van der Waals surface area contributed by atoms with Gasteiger partial charge in [0, 0.05) is 11.5 Å². The maximum Gasteiger partial charge on any atom is 0.323 e. The van der Waals surface area contributed by atoms with Gasteiger partial charge in [0.2, 0.25) is 0 Å². The molecule has 1 aromatic carbocycles. The maximum absolute atomic E-state index is 11.0. The van der Waals surface area contributed by atoms with Crippen LogP contribution in [-0.2, 0) is 9.59 Å². The number of rotatable bonds is 2. The number of nitrogens with one attached hydrogen (secondary N) is 1. The molecule has 1 rings (SSSR count). The second-order valence-electron chi connectivity index (χ2n) is 2.69. The summed E-state index contributed by atoms with van der Waals surface area (Å²) in [5.74, 6) is 3.22. The van der Waals surface area contributed by atoms with Crippen LogP contribution in [0.4, 0.5) is 0 Å². The monoisotopic (exact) mass is 203 g/mol. The average molecular weight is 203 g/mol. The summed E-state index contributed by atoms with van der Waals surface area (Å²) >= 11 is 0. The van der Waals surface area contributed by atoms with E-state index in [4.69, 9.17) is 5.11 Å². The Kier molecular flexibility index (Phi) is 3.92. The molecule has 0 aliphatic rings. The summed E-state index contributed by atoms with van der Waals surface area (Å²) in [6, 6.07) is 8.98. The van der Waals surface area contributed by atoms with Crippen LogP contribution in [0.5, 0.6) is 0 Å². The first-order valence-corrected chi connectivity index (χ1v) is 4.25. The van der Waals surface area contributed by atoms with Gasteiger partial charge < -0.3 is 10.4 Å². The van der Waals surface area contributed by atoms with E-state index in [9.17, 15) is 9.59 Å². The molecule has 0 aliphatic heterocycles. The van der Waals surface area contributed by atoms with Crippen molar-refractivity contribution in [2.75, 3.05) is 6.54 Å². The molecule has 0 unspecified atom stereocenters. The van der Waals surface area contributed by atoms with Gasteiger partial charge in [0.25, 0.3) is 5.91 Å². The molecule has 0 radical (unpaired) electrons. The summed E-state index contributed by atoms with van der Waals surface area (Å²) in [5, 5.41) is 10.4. The SMILES string of the molecule is O=C(O)CNC(=O)C#Cc1ccccc1. The van der Waals surface area contributed by atoms with Crippen molar-refractivity contribution in [1.29, 1.82) is 0 Å². The van der Waals surface area contributed by atoms with Gasteiger partial charge in [-0.15, -0.1) is 0 Å². The summed E-state index contributed by atoms with van der Waals surface area (Å²) in [6.45, 7) is -0.414. The zero-order valence-electron chi connectivity index (χ0n) is 7.86. The normalized spacial score (nSPS) is 8.53. The lowest BCUT2D eigenvalue weighted by Crippen LogP contribution is -2.27. The lowest BCUT2D eigenvalue weighted by Gasteiger charge is -1.93. The first-order chi connectivity index (χ1) is 7.18. The highest BCUT2D eigenvalue weighted by Crippen LogP contribution is 1.94. The van der Waals surface area contributed by atoms with Gasteiger partial charge in [0.1, 0.15) is 6.54 Å². The Morgan fingerprint density at radius 3 is 2.53 bits per heavy atom. The molecule has 0 spiro atoms. The fourth-order valence-corrected chi connectivity index (χ4v) is 0.851. The molecule has 4 heteroatoms. The molecule has 0 bridgehead atoms. The number of carboxylic acids is 1. The second-order valence-corrected chi connectivity index (χ2v) is 2.69. The number of hydrogen-bond acceptors (Lipinski definition) is 2. The molecule has 1 aromatic rings. The highest BCUT2D eigenvalue weighted by atomic mass is 16.4. The lowest BCUT2D eigenvalue weighted by atomic mass is 10.2. The third kappa shape index (κ3) is 4.48. The zero-order valence-corrected chi connectivity index (χ0v) is 7.86.